The minimum absolute atomic E-state index is 0.0426. The summed E-state index contributed by atoms with van der Waals surface area (Å²) >= 11 is 6.08. The van der Waals surface area contributed by atoms with Crippen molar-refractivity contribution in [3.8, 4) is 17.2 Å². The predicted molar refractivity (Wildman–Crippen MR) is 98.3 cm³/mol. The zero-order valence-electron chi connectivity index (χ0n) is 13.3. The second kappa shape index (κ2) is 6.19. The fourth-order valence-corrected chi connectivity index (χ4v) is 2.98. The predicted octanol–water partition coefficient (Wildman–Crippen LogP) is 4.78. The van der Waals surface area contributed by atoms with Crippen molar-refractivity contribution in [3.05, 3.63) is 59.2 Å². The monoisotopic (exact) mass is 347 g/mol. The van der Waals surface area contributed by atoms with E-state index in [0.29, 0.717) is 16.4 Å². The number of nitrogens with one attached hydrogen (secondary N) is 1. The number of benzene rings is 2. The lowest BCUT2D eigenvalue weighted by Crippen LogP contribution is -2.14. The molecule has 1 aliphatic rings. The minimum atomic E-state index is 0.0426. The number of hydrogen-bond donors (Lipinski definition) is 1. The van der Waals surface area contributed by atoms with Crippen LogP contribution in [0.15, 0.2) is 48.7 Å². The number of carbonyl (C=O) groups is 1. The highest BCUT2D eigenvalue weighted by atomic mass is 35.5. The van der Waals surface area contributed by atoms with Crippen molar-refractivity contribution in [1.29, 1.82) is 5.26 Å². The van der Waals surface area contributed by atoms with Gasteiger partial charge in [-0.3, -0.25) is 4.79 Å². The minimum Gasteiger partial charge on any atom is -0.310 e. The summed E-state index contributed by atoms with van der Waals surface area (Å²) in [5.74, 6) is 0.755. The Morgan fingerprint density at radius 1 is 1.16 bits per heavy atom. The van der Waals surface area contributed by atoms with Crippen molar-refractivity contribution in [1.82, 2.24) is 4.98 Å². The molecule has 0 spiro atoms. The SMILES string of the molecule is N#Cc1ccc(Cl)cc1-c1ccc2cc(NC(=O)C3CC3)ncc2c1. The molecular weight excluding hydrogens is 334 g/mol. The number of rotatable bonds is 3. The van der Waals surface area contributed by atoms with Crippen LogP contribution in [0.1, 0.15) is 18.4 Å². The van der Waals surface area contributed by atoms with E-state index < -0.39 is 0 Å². The molecule has 1 aromatic heterocycles. The van der Waals surface area contributed by atoms with Crippen LogP contribution in [0, 0.1) is 17.2 Å². The van der Waals surface area contributed by atoms with Gasteiger partial charge >= 0.3 is 0 Å². The standard InChI is InChI=1S/C20H14ClN3O/c21-17-6-5-15(10-22)18(9-17)14-4-3-13-8-19(23-11-16(13)7-14)24-20(25)12-1-2-12/h3-9,11-12H,1-2H2,(H,23,24,25). The summed E-state index contributed by atoms with van der Waals surface area (Å²) in [6.45, 7) is 0. The maximum Gasteiger partial charge on any atom is 0.228 e. The average Bonchev–Trinajstić information content (AvgIpc) is 3.46. The molecule has 0 atom stereocenters. The Bertz CT molecular complexity index is 1030. The van der Waals surface area contributed by atoms with Crippen molar-refractivity contribution in [2.24, 2.45) is 5.92 Å². The highest BCUT2D eigenvalue weighted by Gasteiger charge is 2.29. The quantitative estimate of drug-likeness (QED) is 0.741. The van der Waals surface area contributed by atoms with Crippen LogP contribution in [-0.4, -0.2) is 10.9 Å². The molecule has 2 aromatic carbocycles. The highest BCUT2D eigenvalue weighted by molar-refractivity contribution is 6.31. The Balaban J connectivity index is 1.70. The lowest BCUT2D eigenvalue weighted by atomic mass is 9.98. The molecule has 0 aliphatic heterocycles. The van der Waals surface area contributed by atoms with Crippen LogP contribution < -0.4 is 5.32 Å². The molecule has 1 amide bonds. The molecule has 25 heavy (non-hydrogen) atoms. The molecule has 4 rings (SSSR count). The van der Waals surface area contributed by atoms with Gasteiger partial charge in [-0.05, 0) is 54.1 Å². The molecule has 3 aromatic rings. The number of nitrogens with zero attached hydrogens (tertiary/aromatic N) is 2. The molecule has 1 N–H and O–H groups in total. The summed E-state index contributed by atoms with van der Waals surface area (Å²) < 4.78 is 0. The first-order valence-electron chi connectivity index (χ1n) is 8.05. The third-order valence-electron chi connectivity index (χ3n) is 4.33. The molecule has 1 saturated carbocycles. The zero-order chi connectivity index (χ0) is 17.4. The van der Waals surface area contributed by atoms with Crippen molar-refractivity contribution in [2.45, 2.75) is 12.8 Å². The number of anilines is 1. The van der Waals surface area contributed by atoms with Crippen LogP contribution in [0.2, 0.25) is 5.02 Å². The first-order chi connectivity index (χ1) is 12.1. The molecule has 5 heteroatoms. The second-order valence-electron chi connectivity index (χ2n) is 6.20. The maximum atomic E-state index is 11.9. The van der Waals surface area contributed by atoms with Gasteiger partial charge in [-0.15, -0.1) is 0 Å². The molecule has 0 radical (unpaired) electrons. The molecule has 122 valence electrons. The largest absolute Gasteiger partial charge is 0.310 e. The molecule has 0 saturated heterocycles. The lowest BCUT2D eigenvalue weighted by Gasteiger charge is -2.08. The van der Waals surface area contributed by atoms with Crippen LogP contribution in [0.25, 0.3) is 21.9 Å². The third-order valence-corrected chi connectivity index (χ3v) is 4.57. The van der Waals surface area contributed by atoms with Crippen LogP contribution in [0.3, 0.4) is 0 Å². The molecule has 1 heterocycles. The van der Waals surface area contributed by atoms with Gasteiger partial charge in [0.15, 0.2) is 0 Å². The molecular formula is C20H14ClN3O. The van der Waals surface area contributed by atoms with Gasteiger partial charge in [-0.1, -0.05) is 23.7 Å². The molecule has 0 unspecified atom stereocenters. The third kappa shape index (κ3) is 3.19. The van der Waals surface area contributed by atoms with E-state index >= 15 is 0 Å². The van der Waals surface area contributed by atoms with Gasteiger partial charge in [0.1, 0.15) is 5.82 Å². The Morgan fingerprint density at radius 2 is 2.00 bits per heavy atom. The summed E-state index contributed by atoms with van der Waals surface area (Å²) in [7, 11) is 0. The first-order valence-corrected chi connectivity index (χ1v) is 8.42. The van der Waals surface area contributed by atoms with Gasteiger partial charge in [0.05, 0.1) is 11.6 Å². The fourth-order valence-electron chi connectivity index (χ4n) is 2.80. The van der Waals surface area contributed by atoms with Crippen molar-refractivity contribution < 1.29 is 4.79 Å². The van der Waals surface area contributed by atoms with E-state index in [-0.39, 0.29) is 11.8 Å². The summed E-state index contributed by atoms with van der Waals surface area (Å²) in [4.78, 5) is 16.2. The lowest BCUT2D eigenvalue weighted by molar-refractivity contribution is -0.117. The number of amides is 1. The topological polar surface area (TPSA) is 65.8 Å². The van der Waals surface area contributed by atoms with Crippen molar-refractivity contribution in [2.75, 3.05) is 5.32 Å². The van der Waals surface area contributed by atoms with E-state index in [4.69, 9.17) is 11.6 Å². The van der Waals surface area contributed by atoms with Crippen LogP contribution >= 0.6 is 11.6 Å². The Hall–Kier alpha value is -2.90. The molecule has 0 bridgehead atoms. The highest BCUT2D eigenvalue weighted by Crippen LogP contribution is 2.31. The zero-order valence-corrected chi connectivity index (χ0v) is 14.0. The van der Waals surface area contributed by atoms with Gasteiger partial charge in [0.2, 0.25) is 5.91 Å². The maximum absolute atomic E-state index is 11.9. The average molecular weight is 348 g/mol. The summed E-state index contributed by atoms with van der Waals surface area (Å²) in [6, 6.07) is 15.2. The van der Waals surface area contributed by atoms with Crippen molar-refractivity contribution >= 4 is 34.1 Å². The van der Waals surface area contributed by atoms with Crippen LogP contribution in [0.4, 0.5) is 5.82 Å². The van der Waals surface area contributed by atoms with Gasteiger partial charge in [0, 0.05) is 28.1 Å². The summed E-state index contributed by atoms with van der Waals surface area (Å²) in [6.07, 6.45) is 3.66. The smallest absolute Gasteiger partial charge is 0.228 e. The Kier molecular flexibility index (Phi) is 3.87. The van der Waals surface area contributed by atoms with Gasteiger partial charge in [-0.25, -0.2) is 4.98 Å². The van der Waals surface area contributed by atoms with E-state index in [2.05, 4.69) is 16.4 Å². The number of nitriles is 1. The molecule has 1 fully saturated rings. The Labute approximate surface area is 150 Å². The Morgan fingerprint density at radius 3 is 2.76 bits per heavy atom. The number of carbonyl (C=O) groups excluding carboxylic acids is 1. The van der Waals surface area contributed by atoms with Gasteiger partial charge in [0.25, 0.3) is 0 Å². The van der Waals surface area contributed by atoms with Crippen LogP contribution in [-0.2, 0) is 4.79 Å². The molecule has 1 aliphatic carbocycles. The fraction of sp³-hybridized carbons (Fsp3) is 0.150. The number of halogens is 1. The van der Waals surface area contributed by atoms with E-state index in [1.165, 1.54) is 0 Å². The molecule has 4 nitrogen and oxygen atoms in total. The first kappa shape index (κ1) is 15.6. The second-order valence-corrected chi connectivity index (χ2v) is 6.63. The van der Waals surface area contributed by atoms with Crippen LogP contribution in [0.5, 0.6) is 0 Å². The van der Waals surface area contributed by atoms with E-state index in [0.717, 1.165) is 34.7 Å². The normalized spacial score (nSPS) is 13.4. The van der Waals surface area contributed by atoms with E-state index in [1.807, 2.05) is 24.3 Å². The van der Waals surface area contributed by atoms with Gasteiger partial charge in [-0.2, -0.15) is 5.26 Å². The number of pyridine rings is 1. The summed E-state index contributed by atoms with van der Waals surface area (Å²) in [5.41, 5.74) is 2.27. The summed E-state index contributed by atoms with van der Waals surface area (Å²) in [5, 5.41) is 14.7. The van der Waals surface area contributed by atoms with E-state index in [9.17, 15) is 10.1 Å². The number of aromatic nitrogens is 1. The number of fused-ring (bicyclic) bond motifs is 1. The van der Waals surface area contributed by atoms with Crippen molar-refractivity contribution in [3.63, 3.8) is 0 Å². The number of hydrogen-bond acceptors (Lipinski definition) is 3. The van der Waals surface area contributed by atoms with Gasteiger partial charge < -0.3 is 5.32 Å². The van der Waals surface area contributed by atoms with E-state index in [1.54, 1.807) is 24.4 Å².